The monoisotopic (exact) mass is 218 g/mol. The lowest BCUT2D eigenvalue weighted by Gasteiger charge is -2.06. The summed E-state index contributed by atoms with van der Waals surface area (Å²) >= 11 is 0. The van der Waals surface area contributed by atoms with Gasteiger partial charge in [0.1, 0.15) is 5.82 Å². The Hall–Kier alpha value is -1.95. The molecule has 0 amide bonds. The van der Waals surface area contributed by atoms with Crippen LogP contribution in [-0.2, 0) is 13.5 Å². The van der Waals surface area contributed by atoms with Crippen molar-refractivity contribution in [3.05, 3.63) is 24.2 Å². The lowest BCUT2D eigenvalue weighted by atomic mass is 10.3. The van der Waals surface area contributed by atoms with E-state index in [0.717, 1.165) is 17.9 Å². The molecule has 0 radical (unpaired) electrons. The number of nitrogens with one attached hydrogen (secondary N) is 1. The van der Waals surface area contributed by atoms with Crippen molar-refractivity contribution in [1.82, 2.24) is 19.5 Å². The first-order valence-electron chi connectivity index (χ1n) is 5.07. The number of rotatable bonds is 3. The Bertz CT molecular complexity index is 468. The van der Waals surface area contributed by atoms with Crippen LogP contribution in [0.1, 0.15) is 12.6 Å². The molecular weight excluding hydrogens is 204 g/mol. The number of anilines is 1. The Labute approximate surface area is 93.5 Å². The zero-order valence-corrected chi connectivity index (χ0v) is 9.31. The van der Waals surface area contributed by atoms with Crippen molar-refractivity contribution in [3.8, 4) is 11.6 Å². The van der Waals surface area contributed by atoms with Crippen molar-refractivity contribution in [2.24, 2.45) is 12.9 Å². The maximum Gasteiger partial charge on any atom is 0.198 e. The largest absolute Gasteiger partial charge is 0.331 e. The van der Waals surface area contributed by atoms with Gasteiger partial charge in [0.25, 0.3) is 0 Å². The highest BCUT2D eigenvalue weighted by molar-refractivity contribution is 5.49. The minimum atomic E-state index is 0.583. The number of nitrogens with two attached hydrogens (primary N) is 1. The predicted octanol–water partition coefficient (Wildman–Crippen LogP) is 0.725. The van der Waals surface area contributed by atoms with Crippen molar-refractivity contribution < 1.29 is 0 Å². The molecule has 0 aliphatic heterocycles. The SMILES string of the molecule is CCc1cc(NN)nc(-c2nccn2C)n1. The third kappa shape index (κ3) is 1.87. The Balaban J connectivity index is 2.52. The van der Waals surface area contributed by atoms with Crippen molar-refractivity contribution >= 4 is 5.82 Å². The minimum absolute atomic E-state index is 0.583. The molecule has 84 valence electrons. The molecule has 6 nitrogen and oxygen atoms in total. The van der Waals surface area contributed by atoms with E-state index in [-0.39, 0.29) is 0 Å². The molecule has 2 aromatic heterocycles. The molecule has 0 spiro atoms. The normalized spacial score (nSPS) is 10.4. The second kappa shape index (κ2) is 4.28. The number of hydrogen-bond donors (Lipinski definition) is 2. The van der Waals surface area contributed by atoms with Crippen LogP contribution >= 0.6 is 0 Å². The van der Waals surface area contributed by atoms with Gasteiger partial charge in [-0.1, -0.05) is 6.92 Å². The molecule has 2 rings (SSSR count). The quantitative estimate of drug-likeness (QED) is 0.586. The number of nitrogens with zero attached hydrogens (tertiary/aromatic N) is 4. The fourth-order valence-corrected chi connectivity index (χ4v) is 1.43. The van der Waals surface area contributed by atoms with Gasteiger partial charge >= 0.3 is 0 Å². The molecule has 0 saturated heterocycles. The van der Waals surface area contributed by atoms with Crippen LogP contribution in [0.2, 0.25) is 0 Å². The van der Waals surface area contributed by atoms with Crippen LogP contribution in [0.15, 0.2) is 18.5 Å². The molecule has 2 heterocycles. The van der Waals surface area contributed by atoms with Gasteiger partial charge in [-0.3, -0.25) is 0 Å². The molecule has 3 N–H and O–H groups in total. The molecule has 2 aromatic rings. The fourth-order valence-electron chi connectivity index (χ4n) is 1.43. The number of imidazole rings is 1. The fraction of sp³-hybridized carbons (Fsp3) is 0.300. The summed E-state index contributed by atoms with van der Waals surface area (Å²) < 4.78 is 1.87. The highest BCUT2D eigenvalue weighted by Gasteiger charge is 2.09. The first-order chi connectivity index (χ1) is 7.74. The average Bonchev–Trinajstić information content (AvgIpc) is 2.74. The van der Waals surface area contributed by atoms with Crippen LogP contribution in [0.3, 0.4) is 0 Å². The summed E-state index contributed by atoms with van der Waals surface area (Å²) in [5.41, 5.74) is 3.47. The number of aromatic nitrogens is 4. The minimum Gasteiger partial charge on any atom is -0.331 e. The zero-order chi connectivity index (χ0) is 11.5. The first kappa shape index (κ1) is 10.6. The van der Waals surface area contributed by atoms with Gasteiger partial charge in [0.2, 0.25) is 0 Å². The van der Waals surface area contributed by atoms with E-state index in [1.807, 2.05) is 30.8 Å². The molecule has 6 heteroatoms. The highest BCUT2D eigenvalue weighted by atomic mass is 15.3. The summed E-state index contributed by atoms with van der Waals surface area (Å²) in [5.74, 6) is 7.28. The highest BCUT2D eigenvalue weighted by Crippen LogP contribution is 2.15. The lowest BCUT2D eigenvalue weighted by Crippen LogP contribution is -2.11. The molecular formula is C10H14N6. The summed E-state index contributed by atoms with van der Waals surface area (Å²) in [4.78, 5) is 12.9. The van der Waals surface area contributed by atoms with Gasteiger partial charge in [-0.05, 0) is 6.42 Å². The Morgan fingerprint density at radius 2 is 2.25 bits per heavy atom. The predicted molar refractivity (Wildman–Crippen MR) is 61.4 cm³/mol. The summed E-state index contributed by atoms with van der Waals surface area (Å²) in [5, 5.41) is 0. The van der Waals surface area contributed by atoms with Crippen LogP contribution in [-0.4, -0.2) is 19.5 Å². The van der Waals surface area contributed by atoms with Crippen LogP contribution in [0.5, 0.6) is 0 Å². The van der Waals surface area contributed by atoms with E-state index in [9.17, 15) is 0 Å². The van der Waals surface area contributed by atoms with Gasteiger partial charge < -0.3 is 9.99 Å². The Kier molecular flexibility index (Phi) is 2.82. The molecule has 16 heavy (non-hydrogen) atoms. The maximum atomic E-state index is 5.37. The zero-order valence-electron chi connectivity index (χ0n) is 9.31. The molecule has 0 saturated carbocycles. The van der Waals surface area contributed by atoms with Crippen molar-refractivity contribution in [2.75, 3.05) is 5.43 Å². The van der Waals surface area contributed by atoms with Gasteiger partial charge in [-0.15, -0.1) is 0 Å². The third-order valence-corrected chi connectivity index (χ3v) is 2.31. The van der Waals surface area contributed by atoms with Crippen LogP contribution in [0.25, 0.3) is 11.6 Å². The summed E-state index contributed by atoms with van der Waals surface area (Å²) in [7, 11) is 1.90. The van der Waals surface area contributed by atoms with E-state index in [2.05, 4.69) is 20.4 Å². The number of hydrogen-bond acceptors (Lipinski definition) is 5. The second-order valence-electron chi connectivity index (χ2n) is 3.43. The van der Waals surface area contributed by atoms with Gasteiger partial charge in [0, 0.05) is 31.2 Å². The van der Waals surface area contributed by atoms with Crippen molar-refractivity contribution in [3.63, 3.8) is 0 Å². The van der Waals surface area contributed by atoms with Gasteiger partial charge in [0.05, 0.1) is 0 Å². The Morgan fingerprint density at radius 3 is 2.81 bits per heavy atom. The summed E-state index contributed by atoms with van der Waals surface area (Å²) in [6.07, 6.45) is 4.40. The van der Waals surface area contributed by atoms with E-state index in [1.54, 1.807) is 6.20 Å². The first-order valence-corrected chi connectivity index (χ1v) is 5.07. The molecule has 0 bridgehead atoms. The van der Waals surface area contributed by atoms with E-state index in [0.29, 0.717) is 11.6 Å². The maximum absolute atomic E-state index is 5.37. The Morgan fingerprint density at radius 1 is 1.44 bits per heavy atom. The molecule has 0 atom stereocenters. The lowest BCUT2D eigenvalue weighted by molar-refractivity contribution is 0.895. The van der Waals surface area contributed by atoms with E-state index >= 15 is 0 Å². The molecule has 0 unspecified atom stereocenters. The van der Waals surface area contributed by atoms with Crippen molar-refractivity contribution in [1.29, 1.82) is 0 Å². The molecule has 0 aliphatic carbocycles. The molecule has 0 aromatic carbocycles. The smallest absolute Gasteiger partial charge is 0.198 e. The van der Waals surface area contributed by atoms with Crippen LogP contribution in [0, 0.1) is 0 Å². The summed E-state index contributed by atoms with van der Waals surface area (Å²) in [6, 6.07) is 1.83. The van der Waals surface area contributed by atoms with E-state index < -0.39 is 0 Å². The van der Waals surface area contributed by atoms with E-state index in [4.69, 9.17) is 5.84 Å². The van der Waals surface area contributed by atoms with Gasteiger partial charge in [-0.25, -0.2) is 20.8 Å². The van der Waals surface area contributed by atoms with E-state index in [1.165, 1.54) is 0 Å². The summed E-state index contributed by atoms with van der Waals surface area (Å²) in [6.45, 7) is 2.03. The number of aryl methyl sites for hydroxylation is 2. The number of hydrazine groups is 1. The van der Waals surface area contributed by atoms with Gasteiger partial charge in [-0.2, -0.15) is 0 Å². The molecule has 0 fully saturated rings. The van der Waals surface area contributed by atoms with Crippen LogP contribution in [0.4, 0.5) is 5.82 Å². The number of nitrogen functional groups attached to an aromatic ring is 1. The average molecular weight is 218 g/mol. The standard InChI is InChI=1S/C10H14N6/c1-3-7-6-8(15-11)14-9(13-7)10-12-4-5-16(10)2/h4-6H,3,11H2,1-2H3,(H,13,14,15). The van der Waals surface area contributed by atoms with Crippen LogP contribution < -0.4 is 11.3 Å². The topological polar surface area (TPSA) is 81.6 Å². The second-order valence-corrected chi connectivity index (χ2v) is 3.43. The molecule has 0 aliphatic rings. The van der Waals surface area contributed by atoms with Crippen molar-refractivity contribution in [2.45, 2.75) is 13.3 Å². The third-order valence-electron chi connectivity index (χ3n) is 2.31. The van der Waals surface area contributed by atoms with Gasteiger partial charge in [0.15, 0.2) is 11.6 Å².